The maximum atomic E-state index is 5.74. The Morgan fingerprint density at radius 1 is 1.19 bits per heavy atom. The Bertz CT molecular complexity index is 235. The van der Waals surface area contributed by atoms with E-state index in [0.29, 0.717) is 5.41 Å². The van der Waals surface area contributed by atoms with Crippen molar-refractivity contribution >= 4 is 0 Å². The highest BCUT2D eigenvalue weighted by Crippen LogP contribution is 2.28. The van der Waals surface area contributed by atoms with Crippen LogP contribution in [-0.4, -0.2) is 61.8 Å². The van der Waals surface area contributed by atoms with Crippen LogP contribution in [0.2, 0.25) is 0 Å². The van der Waals surface area contributed by atoms with Gasteiger partial charge in [0, 0.05) is 31.7 Å². The first kappa shape index (κ1) is 12.3. The zero-order valence-corrected chi connectivity index (χ0v) is 11.2. The van der Waals surface area contributed by atoms with Gasteiger partial charge in [-0.3, -0.25) is 4.90 Å². The molecule has 0 aliphatic carbocycles. The number of piperazine rings is 1. The first-order valence-electron chi connectivity index (χ1n) is 6.48. The predicted octanol–water partition coefficient (Wildman–Crippen LogP) is 1.44. The predicted molar refractivity (Wildman–Crippen MR) is 66.7 cm³/mol. The van der Waals surface area contributed by atoms with Crippen LogP contribution in [0.5, 0.6) is 0 Å². The second-order valence-electron chi connectivity index (χ2n) is 6.59. The van der Waals surface area contributed by atoms with Crippen molar-refractivity contribution in [2.24, 2.45) is 5.41 Å². The summed E-state index contributed by atoms with van der Waals surface area (Å²) in [6, 6.07) is 1.61. The average molecular weight is 226 g/mol. The number of likely N-dealkylation sites (N-methyl/N-ethyl adjacent to an activating group) is 1. The molecule has 0 radical (unpaired) electrons. The summed E-state index contributed by atoms with van der Waals surface area (Å²) in [6.45, 7) is 12.0. The Morgan fingerprint density at radius 2 is 1.94 bits per heavy atom. The van der Waals surface area contributed by atoms with Crippen LogP contribution in [0.25, 0.3) is 0 Å². The Hall–Kier alpha value is -0.120. The second kappa shape index (κ2) is 4.63. The molecular formula is C13H26N2O. The van der Waals surface area contributed by atoms with E-state index < -0.39 is 0 Å². The van der Waals surface area contributed by atoms with Gasteiger partial charge in [-0.2, -0.15) is 0 Å². The average Bonchev–Trinajstić information content (AvgIpc) is 2.69. The fraction of sp³-hybridized carbons (Fsp3) is 1.00. The minimum atomic E-state index is 0.296. The Kier molecular flexibility index (Phi) is 3.57. The van der Waals surface area contributed by atoms with E-state index in [1.165, 1.54) is 19.5 Å². The topological polar surface area (TPSA) is 15.7 Å². The third-order valence-electron chi connectivity index (χ3n) is 3.69. The van der Waals surface area contributed by atoms with E-state index in [9.17, 15) is 0 Å². The number of ether oxygens (including phenoxy) is 1. The number of hydrogen-bond donors (Lipinski definition) is 0. The first-order chi connectivity index (χ1) is 7.46. The van der Waals surface area contributed by atoms with Crippen molar-refractivity contribution in [2.45, 2.75) is 39.3 Å². The summed E-state index contributed by atoms with van der Waals surface area (Å²) < 4.78 is 5.74. The van der Waals surface area contributed by atoms with E-state index >= 15 is 0 Å². The van der Waals surface area contributed by atoms with Crippen LogP contribution < -0.4 is 0 Å². The summed E-state index contributed by atoms with van der Waals surface area (Å²) in [5.74, 6) is 0. The molecule has 2 heterocycles. The van der Waals surface area contributed by atoms with Crippen LogP contribution in [0, 0.1) is 5.41 Å². The van der Waals surface area contributed by atoms with E-state index in [4.69, 9.17) is 4.74 Å². The van der Waals surface area contributed by atoms with Crippen LogP contribution in [-0.2, 0) is 4.74 Å². The van der Waals surface area contributed by atoms with E-state index in [1.54, 1.807) is 0 Å². The van der Waals surface area contributed by atoms with Gasteiger partial charge in [-0.15, -0.1) is 0 Å². The van der Waals surface area contributed by atoms with Crippen molar-refractivity contribution in [3.63, 3.8) is 0 Å². The fourth-order valence-corrected chi connectivity index (χ4v) is 2.78. The zero-order chi connectivity index (χ0) is 11.8. The molecule has 2 fully saturated rings. The standard InChI is InChI=1S/C13H26N2O/c1-13(2,3)10-16-6-5-15-9-11-7-12(15)8-14(11)4/h11-12H,5-10H2,1-4H3/t11-,12-/m0/s1. The molecule has 2 aliphatic heterocycles. The van der Waals surface area contributed by atoms with Gasteiger partial charge < -0.3 is 9.64 Å². The van der Waals surface area contributed by atoms with Gasteiger partial charge in [-0.25, -0.2) is 0 Å². The maximum absolute atomic E-state index is 5.74. The van der Waals surface area contributed by atoms with Crippen LogP contribution in [0.1, 0.15) is 27.2 Å². The van der Waals surface area contributed by atoms with Gasteiger partial charge in [0.15, 0.2) is 0 Å². The van der Waals surface area contributed by atoms with Crippen LogP contribution in [0.15, 0.2) is 0 Å². The zero-order valence-electron chi connectivity index (χ0n) is 11.2. The molecule has 2 aliphatic rings. The summed E-state index contributed by atoms with van der Waals surface area (Å²) in [5, 5.41) is 0. The summed E-state index contributed by atoms with van der Waals surface area (Å²) in [4.78, 5) is 5.10. The third-order valence-corrected chi connectivity index (χ3v) is 3.69. The summed E-state index contributed by atoms with van der Waals surface area (Å²) in [7, 11) is 2.25. The molecule has 0 spiro atoms. The van der Waals surface area contributed by atoms with Gasteiger partial charge in [-0.1, -0.05) is 20.8 Å². The monoisotopic (exact) mass is 226 g/mol. The quantitative estimate of drug-likeness (QED) is 0.675. The maximum Gasteiger partial charge on any atom is 0.0593 e. The number of likely N-dealkylation sites (tertiary alicyclic amines) is 2. The fourth-order valence-electron chi connectivity index (χ4n) is 2.78. The molecule has 16 heavy (non-hydrogen) atoms. The molecule has 0 N–H and O–H groups in total. The summed E-state index contributed by atoms with van der Waals surface area (Å²) in [6.07, 6.45) is 1.37. The Labute approximate surface area is 99.7 Å². The molecule has 3 nitrogen and oxygen atoms in total. The lowest BCUT2D eigenvalue weighted by Gasteiger charge is -2.32. The van der Waals surface area contributed by atoms with Gasteiger partial charge >= 0.3 is 0 Å². The molecule has 0 aromatic carbocycles. The van der Waals surface area contributed by atoms with E-state index in [1.807, 2.05) is 0 Å². The smallest absolute Gasteiger partial charge is 0.0593 e. The Balaban J connectivity index is 1.62. The highest BCUT2D eigenvalue weighted by Gasteiger charge is 2.40. The van der Waals surface area contributed by atoms with E-state index in [2.05, 4.69) is 37.6 Å². The van der Waals surface area contributed by atoms with Crippen molar-refractivity contribution < 1.29 is 4.74 Å². The molecule has 3 heteroatoms. The van der Waals surface area contributed by atoms with Gasteiger partial charge in [0.2, 0.25) is 0 Å². The second-order valence-corrected chi connectivity index (χ2v) is 6.59. The molecular weight excluding hydrogens is 200 g/mol. The molecule has 2 rings (SSSR count). The van der Waals surface area contributed by atoms with E-state index in [-0.39, 0.29) is 0 Å². The minimum absolute atomic E-state index is 0.296. The molecule has 0 aromatic heterocycles. The van der Waals surface area contributed by atoms with Gasteiger partial charge in [0.1, 0.15) is 0 Å². The summed E-state index contributed by atoms with van der Waals surface area (Å²) >= 11 is 0. The number of hydrogen-bond acceptors (Lipinski definition) is 3. The molecule has 0 unspecified atom stereocenters. The van der Waals surface area contributed by atoms with Crippen molar-refractivity contribution in [3.8, 4) is 0 Å². The van der Waals surface area contributed by atoms with Crippen molar-refractivity contribution in [3.05, 3.63) is 0 Å². The van der Waals surface area contributed by atoms with Gasteiger partial charge in [0.05, 0.1) is 13.2 Å². The molecule has 0 saturated carbocycles. The van der Waals surface area contributed by atoms with Gasteiger partial charge in [-0.05, 0) is 18.9 Å². The van der Waals surface area contributed by atoms with Crippen LogP contribution in [0.4, 0.5) is 0 Å². The van der Waals surface area contributed by atoms with Crippen LogP contribution >= 0.6 is 0 Å². The lowest BCUT2D eigenvalue weighted by molar-refractivity contribution is 0.0434. The molecule has 0 aromatic rings. The SMILES string of the molecule is CN1C[C@@H]2C[C@H]1CN2CCOCC(C)(C)C. The highest BCUT2D eigenvalue weighted by molar-refractivity contribution is 4.98. The number of rotatable bonds is 4. The highest BCUT2D eigenvalue weighted by atomic mass is 16.5. The largest absolute Gasteiger partial charge is 0.380 e. The summed E-state index contributed by atoms with van der Waals surface area (Å²) in [5.41, 5.74) is 0.296. The first-order valence-corrected chi connectivity index (χ1v) is 6.48. The number of fused-ring (bicyclic) bond motifs is 2. The normalized spacial score (nSPS) is 31.5. The lowest BCUT2D eigenvalue weighted by atomic mass is 9.99. The molecule has 94 valence electrons. The molecule has 0 amide bonds. The minimum Gasteiger partial charge on any atom is -0.380 e. The van der Waals surface area contributed by atoms with Gasteiger partial charge in [0.25, 0.3) is 0 Å². The van der Waals surface area contributed by atoms with Crippen molar-refractivity contribution in [1.29, 1.82) is 0 Å². The van der Waals surface area contributed by atoms with E-state index in [0.717, 1.165) is 31.8 Å². The lowest BCUT2D eigenvalue weighted by Crippen LogP contribution is -2.45. The van der Waals surface area contributed by atoms with Crippen molar-refractivity contribution in [1.82, 2.24) is 9.80 Å². The Morgan fingerprint density at radius 3 is 2.44 bits per heavy atom. The number of nitrogens with zero attached hydrogens (tertiary/aromatic N) is 2. The van der Waals surface area contributed by atoms with Crippen LogP contribution in [0.3, 0.4) is 0 Å². The molecule has 2 saturated heterocycles. The molecule has 2 bridgehead atoms. The van der Waals surface area contributed by atoms with Crippen molar-refractivity contribution in [2.75, 3.05) is 39.9 Å². The third kappa shape index (κ3) is 2.96. The molecule has 2 atom stereocenters.